The second kappa shape index (κ2) is 6.12. The summed E-state index contributed by atoms with van der Waals surface area (Å²) in [6.07, 6.45) is 1.86. The molecule has 1 atom stereocenters. The van der Waals surface area contributed by atoms with E-state index in [1.54, 1.807) is 7.11 Å². The van der Waals surface area contributed by atoms with E-state index in [1.807, 2.05) is 0 Å². The summed E-state index contributed by atoms with van der Waals surface area (Å²) in [4.78, 5) is 11.7. The molecular weight excluding hydrogens is 208 g/mol. The summed E-state index contributed by atoms with van der Waals surface area (Å²) in [6.45, 7) is 2.56. The van der Waals surface area contributed by atoms with Crippen LogP contribution in [0, 0.1) is 0 Å². The Balaban J connectivity index is 2.54. The van der Waals surface area contributed by atoms with E-state index >= 15 is 0 Å². The van der Waals surface area contributed by atoms with Crippen molar-refractivity contribution in [2.75, 3.05) is 19.5 Å². The molecule has 0 aliphatic heterocycles. The predicted octanol–water partition coefficient (Wildman–Crippen LogP) is 0.537. The van der Waals surface area contributed by atoms with Crippen molar-refractivity contribution < 1.29 is 9.53 Å². The Hall–Kier alpha value is -1.56. The first-order valence-electron chi connectivity index (χ1n) is 5.28. The number of nitrogens with two attached hydrogens (primary N) is 1. The van der Waals surface area contributed by atoms with Crippen molar-refractivity contribution in [3.05, 3.63) is 11.8 Å². The molecule has 0 aromatic carbocycles. The van der Waals surface area contributed by atoms with Crippen molar-refractivity contribution in [1.29, 1.82) is 0 Å². The highest BCUT2D eigenvalue weighted by atomic mass is 16.5. The quantitative estimate of drug-likeness (QED) is 0.660. The summed E-state index contributed by atoms with van der Waals surface area (Å²) in [5.74, 6) is 0.101. The highest BCUT2D eigenvalue weighted by Gasteiger charge is 2.14. The molecular formula is C10H18N4O2. The van der Waals surface area contributed by atoms with Crippen LogP contribution in [0.25, 0.3) is 0 Å². The number of ether oxygens (including phenoxy) is 1. The molecule has 1 rings (SSSR count). The maximum atomic E-state index is 11.7. The lowest BCUT2D eigenvalue weighted by molar-refractivity contribution is 0.0886. The lowest BCUT2D eigenvalue weighted by atomic mass is 10.2. The molecule has 0 fully saturated rings. The number of hydrogen-bond acceptors (Lipinski definition) is 4. The van der Waals surface area contributed by atoms with E-state index in [1.165, 1.54) is 6.07 Å². The second-order valence-electron chi connectivity index (χ2n) is 3.62. The Morgan fingerprint density at radius 1 is 1.75 bits per heavy atom. The molecule has 6 heteroatoms. The van der Waals surface area contributed by atoms with Gasteiger partial charge in [0, 0.05) is 13.2 Å². The fourth-order valence-corrected chi connectivity index (χ4v) is 1.46. The van der Waals surface area contributed by atoms with Crippen LogP contribution in [0.4, 0.5) is 5.82 Å². The van der Waals surface area contributed by atoms with Crippen LogP contribution in [0.3, 0.4) is 0 Å². The zero-order valence-corrected chi connectivity index (χ0v) is 9.62. The third-order valence-electron chi connectivity index (χ3n) is 2.18. The van der Waals surface area contributed by atoms with E-state index in [9.17, 15) is 4.79 Å². The summed E-state index contributed by atoms with van der Waals surface area (Å²) in [6, 6.07) is 1.53. The molecule has 1 unspecified atom stereocenters. The van der Waals surface area contributed by atoms with Gasteiger partial charge in [-0.25, -0.2) is 0 Å². The fourth-order valence-electron chi connectivity index (χ4n) is 1.46. The third-order valence-corrected chi connectivity index (χ3v) is 2.18. The smallest absolute Gasteiger partial charge is 0.269 e. The Morgan fingerprint density at radius 2 is 2.50 bits per heavy atom. The minimum absolute atomic E-state index is 0.0204. The molecule has 0 radical (unpaired) electrons. The molecule has 0 aliphatic carbocycles. The number of aromatic amines is 1. The van der Waals surface area contributed by atoms with E-state index < -0.39 is 0 Å². The maximum Gasteiger partial charge on any atom is 0.269 e. The molecule has 0 saturated carbocycles. The van der Waals surface area contributed by atoms with Crippen LogP contribution < -0.4 is 11.1 Å². The number of anilines is 1. The molecule has 90 valence electrons. The molecule has 0 saturated heterocycles. The van der Waals surface area contributed by atoms with Crippen molar-refractivity contribution in [2.45, 2.75) is 25.8 Å². The van der Waals surface area contributed by atoms with Gasteiger partial charge in [0.25, 0.3) is 5.91 Å². The number of nitrogens with zero attached hydrogens (tertiary/aromatic N) is 1. The normalized spacial score (nSPS) is 12.4. The van der Waals surface area contributed by atoms with E-state index in [2.05, 4.69) is 22.4 Å². The number of nitrogen functional groups attached to an aromatic ring is 1. The molecule has 16 heavy (non-hydrogen) atoms. The standard InChI is InChI=1S/C10H18N4O2/c1-3-4-7(6-16-2)12-10(15)8-5-9(11)14-13-8/h5,7H,3-4,6H2,1-2H3,(H,12,15)(H3,11,13,14). The van der Waals surface area contributed by atoms with Gasteiger partial charge >= 0.3 is 0 Å². The van der Waals surface area contributed by atoms with Crippen LogP contribution in [0.15, 0.2) is 6.07 Å². The van der Waals surface area contributed by atoms with E-state index in [4.69, 9.17) is 10.5 Å². The lowest BCUT2D eigenvalue weighted by Gasteiger charge is -2.16. The number of carbonyl (C=O) groups excluding carboxylic acids is 1. The van der Waals surface area contributed by atoms with Crippen molar-refractivity contribution >= 4 is 11.7 Å². The van der Waals surface area contributed by atoms with Crippen molar-refractivity contribution in [2.24, 2.45) is 0 Å². The number of H-pyrrole nitrogens is 1. The number of methoxy groups -OCH3 is 1. The minimum Gasteiger partial charge on any atom is -0.383 e. The van der Waals surface area contributed by atoms with E-state index in [0.29, 0.717) is 18.1 Å². The maximum absolute atomic E-state index is 11.7. The van der Waals surface area contributed by atoms with E-state index in [0.717, 1.165) is 12.8 Å². The third kappa shape index (κ3) is 3.54. The van der Waals surface area contributed by atoms with Gasteiger partial charge in [0.05, 0.1) is 12.6 Å². The van der Waals surface area contributed by atoms with Gasteiger partial charge in [-0.3, -0.25) is 9.89 Å². The SMILES string of the molecule is CCCC(COC)NC(=O)c1cc(N)n[nH]1. The van der Waals surface area contributed by atoms with Gasteiger partial charge in [-0.15, -0.1) is 0 Å². The molecule has 0 bridgehead atoms. The van der Waals surface area contributed by atoms with E-state index in [-0.39, 0.29) is 11.9 Å². The average molecular weight is 226 g/mol. The first-order chi connectivity index (χ1) is 7.67. The van der Waals surface area contributed by atoms with Crippen molar-refractivity contribution in [3.63, 3.8) is 0 Å². The van der Waals surface area contributed by atoms with Crippen LogP contribution in [-0.2, 0) is 4.74 Å². The molecule has 1 heterocycles. The van der Waals surface area contributed by atoms with Gasteiger partial charge in [0.1, 0.15) is 11.5 Å². The van der Waals surface area contributed by atoms with Crippen molar-refractivity contribution in [3.8, 4) is 0 Å². The highest BCUT2D eigenvalue weighted by molar-refractivity contribution is 5.93. The largest absolute Gasteiger partial charge is 0.383 e. The van der Waals surface area contributed by atoms with Gasteiger partial charge in [0.15, 0.2) is 0 Å². The monoisotopic (exact) mass is 226 g/mol. The number of nitrogens with one attached hydrogen (secondary N) is 2. The Kier molecular flexibility index (Phi) is 4.78. The molecule has 0 aliphatic rings. The summed E-state index contributed by atoms with van der Waals surface area (Å²) in [5.41, 5.74) is 5.79. The van der Waals surface area contributed by atoms with Crippen LogP contribution >= 0.6 is 0 Å². The van der Waals surface area contributed by atoms with Crippen LogP contribution in [0.1, 0.15) is 30.3 Å². The topological polar surface area (TPSA) is 93.0 Å². The fraction of sp³-hybridized carbons (Fsp3) is 0.600. The van der Waals surface area contributed by atoms with Crippen molar-refractivity contribution in [1.82, 2.24) is 15.5 Å². The minimum atomic E-state index is -0.209. The lowest BCUT2D eigenvalue weighted by Crippen LogP contribution is -2.38. The molecule has 0 spiro atoms. The Labute approximate surface area is 94.5 Å². The molecule has 1 aromatic rings. The molecule has 4 N–H and O–H groups in total. The van der Waals surface area contributed by atoms with Gasteiger partial charge in [-0.1, -0.05) is 13.3 Å². The molecule has 1 aromatic heterocycles. The summed E-state index contributed by atoms with van der Waals surface area (Å²) in [7, 11) is 1.61. The molecule has 1 amide bonds. The van der Waals surface area contributed by atoms with Gasteiger partial charge in [-0.05, 0) is 6.42 Å². The number of hydrogen-bond donors (Lipinski definition) is 3. The Bertz CT molecular complexity index is 331. The first kappa shape index (κ1) is 12.5. The van der Waals surface area contributed by atoms with Crippen LogP contribution in [-0.4, -0.2) is 35.9 Å². The number of aromatic nitrogens is 2. The first-order valence-corrected chi connectivity index (χ1v) is 5.28. The van der Waals surface area contributed by atoms with Crippen LogP contribution in [0.2, 0.25) is 0 Å². The number of carbonyl (C=O) groups is 1. The zero-order chi connectivity index (χ0) is 12.0. The highest BCUT2D eigenvalue weighted by Crippen LogP contribution is 2.03. The molecule has 6 nitrogen and oxygen atoms in total. The number of rotatable bonds is 6. The predicted molar refractivity (Wildman–Crippen MR) is 61.0 cm³/mol. The summed E-state index contributed by atoms with van der Waals surface area (Å²) < 4.78 is 5.03. The summed E-state index contributed by atoms with van der Waals surface area (Å²) in [5, 5.41) is 9.12. The zero-order valence-electron chi connectivity index (χ0n) is 9.62. The second-order valence-corrected chi connectivity index (χ2v) is 3.62. The van der Waals surface area contributed by atoms with Gasteiger partial charge in [0.2, 0.25) is 0 Å². The summed E-state index contributed by atoms with van der Waals surface area (Å²) >= 11 is 0. The van der Waals surface area contributed by atoms with Gasteiger partial charge < -0.3 is 15.8 Å². The number of amides is 1. The van der Waals surface area contributed by atoms with Gasteiger partial charge in [-0.2, -0.15) is 5.10 Å². The average Bonchev–Trinajstić information content (AvgIpc) is 2.65. The Morgan fingerprint density at radius 3 is 3.00 bits per heavy atom. The van der Waals surface area contributed by atoms with Crippen LogP contribution in [0.5, 0.6) is 0 Å².